The normalized spacial score (nSPS) is 23.7. The second-order valence-corrected chi connectivity index (χ2v) is 4.60. The predicted molar refractivity (Wildman–Crippen MR) is 65.7 cm³/mol. The van der Waals surface area contributed by atoms with Gasteiger partial charge in [0.25, 0.3) is 0 Å². The molecule has 2 unspecified atom stereocenters. The van der Waals surface area contributed by atoms with Crippen molar-refractivity contribution in [3.63, 3.8) is 0 Å². The number of aromatic nitrogens is 1. The van der Waals surface area contributed by atoms with Gasteiger partial charge in [-0.1, -0.05) is 18.1 Å². The molecule has 0 aliphatic heterocycles. The summed E-state index contributed by atoms with van der Waals surface area (Å²) in [6, 6.07) is 3.79. The third kappa shape index (κ3) is 2.94. The minimum atomic E-state index is 0.0576. The van der Waals surface area contributed by atoms with Crippen LogP contribution in [0.5, 0.6) is 0 Å². The molecule has 1 heterocycles. The van der Waals surface area contributed by atoms with Crippen LogP contribution in [0.2, 0.25) is 0 Å². The Hall–Kier alpha value is -1.62. The monoisotopic (exact) mass is 234 g/mol. The van der Waals surface area contributed by atoms with Gasteiger partial charge in [-0.05, 0) is 36.4 Å². The second kappa shape index (κ2) is 5.14. The lowest BCUT2D eigenvalue weighted by Crippen LogP contribution is -2.22. The summed E-state index contributed by atoms with van der Waals surface area (Å²) in [5, 5.41) is 15.0. The van der Waals surface area contributed by atoms with Crippen molar-refractivity contribution in [1.82, 2.24) is 10.3 Å². The fourth-order valence-electron chi connectivity index (χ4n) is 1.93. The minimum absolute atomic E-state index is 0.0576. The van der Waals surface area contributed by atoms with Crippen LogP contribution >= 0.6 is 0 Å². The third-order valence-electron chi connectivity index (χ3n) is 3.24. The lowest BCUT2D eigenvalue weighted by atomic mass is 10.1. The largest absolute Gasteiger partial charge is 0.409 e. The Morgan fingerprint density at radius 3 is 3.12 bits per heavy atom. The van der Waals surface area contributed by atoms with Gasteiger partial charge >= 0.3 is 0 Å². The van der Waals surface area contributed by atoms with E-state index in [4.69, 9.17) is 10.9 Å². The highest BCUT2D eigenvalue weighted by Crippen LogP contribution is 2.36. The number of nitrogens with one attached hydrogen (secondary N) is 1. The molecule has 5 nitrogen and oxygen atoms in total. The van der Waals surface area contributed by atoms with E-state index >= 15 is 0 Å². The highest BCUT2D eigenvalue weighted by atomic mass is 16.4. The highest BCUT2D eigenvalue weighted by molar-refractivity contribution is 5.96. The molecule has 5 heteroatoms. The van der Waals surface area contributed by atoms with Gasteiger partial charge in [-0.2, -0.15) is 0 Å². The van der Waals surface area contributed by atoms with Crippen molar-refractivity contribution in [2.45, 2.75) is 19.9 Å². The molecule has 0 spiro atoms. The second-order valence-electron chi connectivity index (χ2n) is 4.60. The van der Waals surface area contributed by atoms with Crippen molar-refractivity contribution in [3.8, 4) is 0 Å². The molecular formula is C12H18N4O. The van der Waals surface area contributed by atoms with Crippen LogP contribution < -0.4 is 11.1 Å². The fourth-order valence-corrected chi connectivity index (χ4v) is 1.93. The highest BCUT2D eigenvalue weighted by Gasteiger charge is 2.31. The van der Waals surface area contributed by atoms with Gasteiger partial charge in [-0.3, -0.25) is 4.98 Å². The number of pyridine rings is 1. The van der Waals surface area contributed by atoms with E-state index in [1.54, 1.807) is 6.20 Å². The number of oxime groups is 1. The van der Waals surface area contributed by atoms with Crippen molar-refractivity contribution in [2.24, 2.45) is 22.7 Å². The summed E-state index contributed by atoms with van der Waals surface area (Å²) < 4.78 is 0. The van der Waals surface area contributed by atoms with Crippen LogP contribution in [-0.2, 0) is 6.54 Å². The average Bonchev–Trinajstić information content (AvgIpc) is 3.05. The molecule has 1 aromatic rings. The van der Waals surface area contributed by atoms with E-state index in [2.05, 4.69) is 22.4 Å². The molecule has 2 rings (SSSR count). The first-order valence-corrected chi connectivity index (χ1v) is 5.85. The first-order chi connectivity index (χ1) is 8.22. The lowest BCUT2D eigenvalue weighted by Gasteiger charge is -2.08. The number of amidine groups is 1. The van der Waals surface area contributed by atoms with Gasteiger partial charge in [-0.15, -0.1) is 0 Å². The molecule has 1 saturated carbocycles. The van der Waals surface area contributed by atoms with Crippen LogP contribution in [0.15, 0.2) is 23.5 Å². The molecule has 0 saturated heterocycles. The SMILES string of the molecule is CC1CC1CNCc1cccnc1/C(N)=N/O. The molecule has 0 radical (unpaired) electrons. The molecule has 4 N–H and O–H groups in total. The van der Waals surface area contributed by atoms with Gasteiger partial charge in [0, 0.05) is 12.7 Å². The number of nitrogens with two attached hydrogens (primary N) is 1. The molecule has 92 valence electrons. The average molecular weight is 234 g/mol. The summed E-state index contributed by atoms with van der Waals surface area (Å²) in [5.41, 5.74) is 7.07. The van der Waals surface area contributed by atoms with Crippen LogP contribution in [0.25, 0.3) is 0 Å². The molecule has 0 amide bonds. The minimum Gasteiger partial charge on any atom is -0.409 e. The molecular weight excluding hydrogens is 216 g/mol. The molecule has 0 bridgehead atoms. The Labute approximate surface area is 101 Å². The molecule has 1 aliphatic rings. The third-order valence-corrected chi connectivity index (χ3v) is 3.24. The molecule has 0 aromatic carbocycles. The van der Waals surface area contributed by atoms with Crippen LogP contribution in [0, 0.1) is 11.8 Å². The van der Waals surface area contributed by atoms with E-state index in [1.807, 2.05) is 12.1 Å². The van der Waals surface area contributed by atoms with Gasteiger partial charge in [-0.25, -0.2) is 0 Å². The van der Waals surface area contributed by atoms with Gasteiger partial charge in [0.1, 0.15) is 5.69 Å². The van der Waals surface area contributed by atoms with E-state index < -0.39 is 0 Å². The fraction of sp³-hybridized carbons (Fsp3) is 0.500. The van der Waals surface area contributed by atoms with Gasteiger partial charge in [0.05, 0.1) is 0 Å². The Kier molecular flexibility index (Phi) is 3.58. The Morgan fingerprint density at radius 2 is 2.47 bits per heavy atom. The van der Waals surface area contributed by atoms with Crippen molar-refractivity contribution in [3.05, 3.63) is 29.6 Å². The van der Waals surface area contributed by atoms with Crippen LogP contribution in [-0.4, -0.2) is 22.6 Å². The predicted octanol–water partition coefficient (Wildman–Crippen LogP) is 0.922. The molecule has 1 aliphatic carbocycles. The molecule has 1 fully saturated rings. The standard InChI is InChI=1S/C12H18N4O/c1-8-5-10(8)7-14-6-9-3-2-4-15-11(9)12(13)16-17/h2-4,8,10,14,17H,5-7H2,1H3,(H2,13,16). The van der Waals surface area contributed by atoms with Gasteiger partial charge in [0.2, 0.25) is 0 Å². The Morgan fingerprint density at radius 1 is 1.71 bits per heavy atom. The molecule has 17 heavy (non-hydrogen) atoms. The molecule has 1 aromatic heterocycles. The summed E-state index contributed by atoms with van der Waals surface area (Å²) >= 11 is 0. The zero-order valence-electron chi connectivity index (χ0n) is 9.93. The Bertz CT molecular complexity index is 419. The number of hydrogen-bond donors (Lipinski definition) is 3. The summed E-state index contributed by atoms with van der Waals surface area (Å²) in [4.78, 5) is 4.12. The van der Waals surface area contributed by atoms with E-state index in [9.17, 15) is 0 Å². The maximum absolute atomic E-state index is 8.67. The smallest absolute Gasteiger partial charge is 0.189 e. The quantitative estimate of drug-likeness (QED) is 0.306. The zero-order chi connectivity index (χ0) is 12.3. The van der Waals surface area contributed by atoms with E-state index in [-0.39, 0.29) is 5.84 Å². The lowest BCUT2D eigenvalue weighted by molar-refractivity contribution is 0.318. The zero-order valence-corrected chi connectivity index (χ0v) is 9.93. The van der Waals surface area contributed by atoms with E-state index in [0.29, 0.717) is 12.2 Å². The summed E-state index contributed by atoms with van der Waals surface area (Å²) in [6.45, 7) is 3.98. The molecule has 2 atom stereocenters. The summed E-state index contributed by atoms with van der Waals surface area (Å²) in [7, 11) is 0. The van der Waals surface area contributed by atoms with E-state index in [0.717, 1.165) is 23.9 Å². The van der Waals surface area contributed by atoms with Crippen molar-refractivity contribution < 1.29 is 5.21 Å². The van der Waals surface area contributed by atoms with Crippen molar-refractivity contribution in [1.29, 1.82) is 0 Å². The first kappa shape index (κ1) is 11.9. The number of hydrogen-bond acceptors (Lipinski definition) is 4. The van der Waals surface area contributed by atoms with Crippen LogP contribution in [0.4, 0.5) is 0 Å². The van der Waals surface area contributed by atoms with Gasteiger partial charge in [0.15, 0.2) is 5.84 Å². The maximum Gasteiger partial charge on any atom is 0.189 e. The van der Waals surface area contributed by atoms with E-state index in [1.165, 1.54) is 6.42 Å². The van der Waals surface area contributed by atoms with Crippen molar-refractivity contribution in [2.75, 3.05) is 6.54 Å². The number of nitrogens with zero attached hydrogens (tertiary/aromatic N) is 2. The first-order valence-electron chi connectivity index (χ1n) is 5.85. The topological polar surface area (TPSA) is 83.5 Å². The van der Waals surface area contributed by atoms with Gasteiger partial charge < -0.3 is 16.3 Å². The summed E-state index contributed by atoms with van der Waals surface area (Å²) in [6.07, 6.45) is 2.95. The van der Waals surface area contributed by atoms with Crippen LogP contribution in [0.1, 0.15) is 24.6 Å². The number of rotatable bonds is 5. The Balaban J connectivity index is 1.95. The van der Waals surface area contributed by atoms with Crippen LogP contribution in [0.3, 0.4) is 0 Å². The maximum atomic E-state index is 8.67. The summed E-state index contributed by atoms with van der Waals surface area (Å²) in [5.74, 6) is 1.71. The van der Waals surface area contributed by atoms with Crippen molar-refractivity contribution >= 4 is 5.84 Å².